The van der Waals surface area contributed by atoms with E-state index in [2.05, 4.69) is 34.6 Å². The van der Waals surface area contributed by atoms with E-state index >= 15 is 0 Å². The van der Waals surface area contributed by atoms with Crippen molar-refractivity contribution in [2.75, 3.05) is 38.1 Å². The van der Waals surface area contributed by atoms with Gasteiger partial charge < -0.3 is 15.4 Å². The molecule has 1 aliphatic heterocycles. The summed E-state index contributed by atoms with van der Waals surface area (Å²) in [5, 5.41) is 17.4. The Morgan fingerprint density at radius 3 is 2.76 bits per heavy atom. The van der Waals surface area contributed by atoms with Crippen LogP contribution < -0.4 is 10.6 Å². The second-order valence-corrected chi connectivity index (χ2v) is 8.40. The van der Waals surface area contributed by atoms with Gasteiger partial charge in [0, 0.05) is 50.5 Å². The van der Waals surface area contributed by atoms with E-state index in [1.807, 2.05) is 18.2 Å². The molecule has 33 heavy (non-hydrogen) atoms. The van der Waals surface area contributed by atoms with Gasteiger partial charge in [-0.1, -0.05) is 56.5 Å². The predicted molar refractivity (Wildman–Crippen MR) is 130 cm³/mol. The second-order valence-electron chi connectivity index (χ2n) is 8.40. The smallest absolute Gasteiger partial charge is 0.270 e. The summed E-state index contributed by atoms with van der Waals surface area (Å²) in [6.45, 7) is 6.23. The topological polar surface area (TPSA) is 96.7 Å². The summed E-state index contributed by atoms with van der Waals surface area (Å²) in [6, 6.07) is 14.7. The maximum Gasteiger partial charge on any atom is 0.270 e. The SMILES string of the molecule is CCCCCCNc1ccc([N+](=O)[O-])cc1C(=O)NCC1CN(Cc2ccccc2)CCO1. The number of nitrogens with one attached hydrogen (secondary N) is 2. The third-order valence-corrected chi connectivity index (χ3v) is 5.77. The van der Waals surface area contributed by atoms with Gasteiger partial charge in [-0.15, -0.1) is 0 Å². The third-order valence-electron chi connectivity index (χ3n) is 5.77. The van der Waals surface area contributed by atoms with Crippen molar-refractivity contribution >= 4 is 17.3 Å². The molecule has 178 valence electrons. The average molecular weight is 455 g/mol. The molecule has 1 amide bonds. The van der Waals surface area contributed by atoms with Crippen LogP contribution in [0, 0.1) is 10.1 Å². The van der Waals surface area contributed by atoms with E-state index in [0.717, 1.165) is 45.3 Å². The van der Waals surface area contributed by atoms with Crippen molar-refractivity contribution in [3.8, 4) is 0 Å². The average Bonchev–Trinajstić information content (AvgIpc) is 2.83. The van der Waals surface area contributed by atoms with Gasteiger partial charge in [0.1, 0.15) is 0 Å². The number of ether oxygens (including phenoxy) is 1. The van der Waals surface area contributed by atoms with Gasteiger partial charge in [0.2, 0.25) is 0 Å². The second kappa shape index (κ2) is 12.9. The first-order valence-electron chi connectivity index (χ1n) is 11.7. The highest BCUT2D eigenvalue weighted by atomic mass is 16.6. The molecule has 2 N–H and O–H groups in total. The van der Waals surface area contributed by atoms with Gasteiger partial charge in [-0.3, -0.25) is 19.8 Å². The number of rotatable bonds is 12. The molecule has 0 radical (unpaired) electrons. The highest BCUT2D eigenvalue weighted by Crippen LogP contribution is 2.22. The minimum absolute atomic E-state index is 0.0976. The molecule has 0 aromatic heterocycles. The van der Waals surface area contributed by atoms with Gasteiger partial charge in [0.25, 0.3) is 11.6 Å². The van der Waals surface area contributed by atoms with Crippen LogP contribution in [0.25, 0.3) is 0 Å². The summed E-state index contributed by atoms with van der Waals surface area (Å²) < 4.78 is 5.85. The van der Waals surface area contributed by atoms with Crippen molar-refractivity contribution in [2.24, 2.45) is 0 Å². The number of benzene rings is 2. The zero-order valence-electron chi connectivity index (χ0n) is 19.3. The normalized spacial score (nSPS) is 16.3. The van der Waals surface area contributed by atoms with E-state index in [4.69, 9.17) is 4.74 Å². The molecular weight excluding hydrogens is 420 g/mol. The molecule has 1 fully saturated rings. The predicted octanol–water partition coefficient (Wildman–Crippen LogP) is 4.22. The monoisotopic (exact) mass is 454 g/mol. The summed E-state index contributed by atoms with van der Waals surface area (Å²) in [6.07, 6.45) is 4.28. The molecule has 0 bridgehead atoms. The van der Waals surface area contributed by atoms with Gasteiger partial charge in [-0.2, -0.15) is 0 Å². The lowest BCUT2D eigenvalue weighted by atomic mass is 10.1. The first kappa shape index (κ1) is 24.7. The highest BCUT2D eigenvalue weighted by Gasteiger charge is 2.23. The first-order valence-corrected chi connectivity index (χ1v) is 11.7. The Kier molecular flexibility index (Phi) is 9.65. The minimum atomic E-state index is -0.479. The van der Waals surface area contributed by atoms with Gasteiger partial charge in [0.15, 0.2) is 0 Å². The Labute approximate surface area is 195 Å². The molecule has 8 nitrogen and oxygen atoms in total. The van der Waals surface area contributed by atoms with Crippen molar-refractivity contribution in [3.63, 3.8) is 0 Å². The molecule has 3 rings (SSSR count). The fourth-order valence-electron chi connectivity index (χ4n) is 3.95. The number of unbranched alkanes of at least 4 members (excludes halogenated alkanes) is 3. The van der Waals surface area contributed by atoms with Gasteiger partial charge >= 0.3 is 0 Å². The van der Waals surface area contributed by atoms with Crippen LogP contribution in [0.5, 0.6) is 0 Å². The number of nitro benzene ring substituents is 1. The van der Waals surface area contributed by atoms with Crippen molar-refractivity contribution in [1.29, 1.82) is 0 Å². The molecule has 0 saturated carbocycles. The van der Waals surface area contributed by atoms with Crippen LogP contribution in [-0.2, 0) is 11.3 Å². The summed E-state index contributed by atoms with van der Waals surface area (Å²) in [5.74, 6) is -0.335. The summed E-state index contributed by atoms with van der Waals surface area (Å²) in [5.41, 5.74) is 2.05. The maximum atomic E-state index is 12.9. The zero-order chi connectivity index (χ0) is 23.5. The van der Waals surface area contributed by atoms with Crippen LogP contribution in [0.2, 0.25) is 0 Å². The molecule has 1 heterocycles. The Bertz CT molecular complexity index is 907. The lowest BCUT2D eigenvalue weighted by Gasteiger charge is -2.33. The first-order chi connectivity index (χ1) is 16.1. The standard InChI is InChI=1S/C25H34N4O4/c1-2-3-4-8-13-26-24-12-11-21(29(31)32)16-23(24)25(30)27-17-22-19-28(14-15-33-22)18-20-9-6-5-7-10-20/h5-7,9-12,16,22,26H,2-4,8,13-15,17-19H2,1H3,(H,27,30). The number of non-ortho nitro benzene ring substituents is 1. The molecule has 2 aromatic carbocycles. The number of nitrogens with zero attached hydrogens (tertiary/aromatic N) is 2. The summed E-state index contributed by atoms with van der Waals surface area (Å²) in [7, 11) is 0. The number of carbonyl (C=O) groups excluding carboxylic acids is 1. The summed E-state index contributed by atoms with van der Waals surface area (Å²) in [4.78, 5) is 26.0. The van der Waals surface area contributed by atoms with E-state index in [1.54, 1.807) is 6.07 Å². The van der Waals surface area contributed by atoms with E-state index in [9.17, 15) is 14.9 Å². The Hall–Kier alpha value is -2.97. The van der Waals surface area contributed by atoms with E-state index in [-0.39, 0.29) is 23.3 Å². The van der Waals surface area contributed by atoms with Gasteiger partial charge in [-0.05, 0) is 18.1 Å². The Balaban J connectivity index is 1.57. The Morgan fingerprint density at radius 1 is 1.18 bits per heavy atom. The van der Waals surface area contributed by atoms with Crippen LogP contribution in [0.15, 0.2) is 48.5 Å². The third kappa shape index (κ3) is 7.83. The number of hydrogen-bond donors (Lipinski definition) is 2. The number of nitro groups is 1. The van der Waals surface area contributed by atoms with Crippen LogP contribution in [0.4, 0.5) is 11.4 Å². The van der Waals surface area contributed by atoms with Gasteiger partial charge in [-0.25, -0.2) is 0 Å². The summed E-state index contributed by atoms with van der Waals surface area (Å²) >= 11 is 0. The molecule has 1 saturated heterocycles. The van der Waals surface area contributed by atoms with Crippen LogP contribution in [-0.4, -0.2) is 54.6 Å². The number of amides is 1. The van der Waals surface area contributed by atoms with Crippen molar-refractivity contribution in [3.05, 3.63) is 69.8 Å². The lowest BCUT2D eigenvalue weighted by molar-refractivity contribution is -0.384. The number of morpholine rings is 1. The fraction of sp³-hybridized carbons (Fsp3) is 0.480. The zero-order valence-corrected chi connectivity index (χ0v) is 19.3. The quantitative estimate of drug-likeness (QED) is 0.283. The van der Waals surface area contributed by atoms with Crippen molar-refractivity contribution in [1.82, 2.24) is 10.2 Å². The fourth-order valence-corrected chi connectivity index (χ4v) is 3.95. The van der Waals surface area contributed by atoms with Gasteiger partial charge in [0.05, 0.1) is 23.2 Å². The Morgan fingerprint density at radius 2 is 2.00 bits per heavy atom. The van der Waals surface area contributed by atoms with Crippen molar-refractivity contribution in [2.45, 2.75) is 45.3 Å². The molecule has 0 aliphatic carbocycles. The minimum Gasteiger partial charge on any atom is -0.384 e. The largest absolute Gasteiger partial charge is 0.384 e. The molecule has 8 heteroatoms. The van der Waals surface area contributed by atoms with Crippen LogP contribution in [0.3, 0.4) is 0 Å². The molecule has 2 aromatic rings. The molecular formula is C25H34N4O4. The van der Waals surface area contributed by atoms with Crippen LogP contribution in [0.1, 0.15) is 48.5 Å². The number of carbonyl (C=O) groups is 1. The van der Waals surface area contributed by atoms with E-state index < -0.39 is 4.92 Å². The molecule has 1 unspecified atom stereocenters. The number of anilines is 1. The molecule has 1 aliphatic rings. The lowest BCUT2D eigenvalue weighted by Crippen LogP contribution is -2.47. The highest BCUT2D eigenvalue weighted by molar-refractivity contribution is 6.00. The maximum absolute atomic E-state index is 12.9. The van der Waals surface area contributed by atoms with E-state index in [0.29, 0.717) is 25.4 Å². The molecule has 0 spiro atoms. The molecule has 1 atom stereocenters. The van der Waals surface area contributed by atoms with E-state index in [1.165, 1.54) is 17.7 Å². The number of hydrogen-bond acceptors (Lipinski definition) is 6. The van der Waals surface area contributed by atoms with Crippen molar-refractivity contribution < 1.29 is 14.5 Å². The van der Waals surface area contributed by atoms with Crippen LogP contribution >= 0.6 is 0 Å².